The van der Waals surface area contributed by atoms with Crippen molar-refractivity contribution in [2.24, 2.45) is 0 Å². The number of benzene rings is 2. The zero-order valence-electron chi connectivity index (χ0n) is 15.5. The first-order chi connectivity index (χ1) is 12.0. The van der Waals surface area contributed by atoms with Crippen molar-refractivity contribution in [3.05, 3.63) is 75.3 Å². The van der Waals surface area contributed by atoms with Crippen LogP contribution in [-0.2, 0) is 36.1 Å². The Morgan fingerprint density at radius 3 is 1.60 bits per heavy atom. The molecule has 25 heavy (non-hydrogen) atoms. The van der Waals surface area contributed by atoms with E-state index in [4.69, 9.17) is 0 Å². The van der Waals surface area contributed by atoms with E-state index in [1.165, 1.54) is 11.1 Å². The van der Waals surface area contributed by atoms with Crippen LogP contribution in [0.3, 0.4) is 0 Å². The normalized spacial score (nSPS) is 22.9. The Hall–Kier alpha value is -1.20. The fourth-order valence-electron chi connectivity index (χ4n) is 5.10. The van der Waals surface area contributed by atoms with E-state index in [9.17, 15) is 0 Å². The molecule has 0 amide bonds. The van der Waals surface area contributed by atoms with Crippen LogP contribution < -0.4 is 0 Å². The van der Waals surface area contributed by atoms with E-state index in [0.29, 0.717) is 11.8 Å². The van der Waals surface area contributed by atoms with Crippen molar-refractivity contribution in [2.75, 3.05) is 0 Å². The second kappa shape index (κ2) is 5.65. The van der Waals surface area contributed by atoms with E-state index in [0.717, 1.165) is 12.8 Å². The average Bonchev–Trinajstić information content (AvgIpc) is 3.07. The number of hydrogen-bond acceptors (Lipinski definition) is 0. The van der Waals surface area contributed by atoms with Crippen molar-refractivity contribution < 1.29 is 23.2 Å². The SMILES string of the molecule is Cc1ccc2c3c1[C@H](C)[C](=C3)[Zr][C]1=Cc3c(ccc(C)c3[C@H]1C)CC2. The Bertz CT molecular complexity index is 895. The first-order valence-corrected chi connectivity index (χ1v) is 12.0. The van der Waals surface area contributed by atoms with Gasteiger partial charge >= 0.3 is 163 Å². The Morgan fingerprint density at radius 2 is 1.16 bits per heavy atom. The second-order valence-electron chi connectivity index (χ2n) is 8.01. The molecule has 2 aliphatic carbocycles. The predicted octanol–water partition coefficient (Wildman–Crippen LogP) is 6.10. The third kappa shape index (κ3) is 2.28. The van der Waals surface area contributed by atoms with Gasteiger partial charge in [0.15, 0.2) is 0 Å². The van der Waals surface area contributed by atoms with Gasteiger partial charge in [0.2, 0.25) is 0 Å². The van der Waals surface area contributed by atoms with E-state index in [1.54, 1.807) is 39.9 Å². The second-order valence-corrected chi connectivity index (χ2v) is 11.5. The quantitative estimate of drug-likeness (QED) is 0.498. The monoisotopic (exact) mass is 402 g/mol. The molecule has 1 aliphatic heterocycles. The summed E-state index contributed by atoms with van der Waals surface area (Å²) in [6.45, 7) is 9.50. The molecule has 0 spiro atoms. The Morgan fingerprint density at radius 1 is 0.720 bits per heavy atom. The molecule has 4 bridgehead atoms. The fraction of sp³-hybridized carbons (Fsp3) is 0.333. The van der Waals surface area contributed by atoms with Crippen molar-refractivity contribution in [1.29, 1.82) is 0 Å². The van der Waals surface area contributed by atoms with Crippen molar-refractivity contribution in [3.8, 4) is 0 Å². The molecule has 2 atom stereocenters. The molecular formula is C24H24Zr. The molecule has 0 unspecified atom stereocenters. The third-order valence-electron chi connectivity index (χ3n) is 6.54. The van der Waals surface area contributed by atoms with Crippen LogP contribution in [0.25, 0.3) is 12.2 Å². The molecule has 1 heteroatoms. The van der Waals surface area contributed by atoms with Gasteiger partial charge in [-0.05, 0) is 0 Å². The van der Waals surface area contributed by atoms with E-state index in [2.05, 4.69) is 64.1 Å². The molecule has 0 radical (unpaired) electrons. The van der Waals surface area contributed by atoms with Crippen molar-refractivity contribution in [3.63, 3.8) is 0 Å². The minimum absolute atomic E-state index is 0.637. The van der Waals surface area contributed by atoms with Gasteiger partial charge in [-0.2, -0.15) is 0 Å². The maximum absolute atomic E-state index is 2.60. The zero-order chi connectivity index (χ0) is 17.3. The average molecular weight is 404 g/mol. The molecule has 0 saturated carbocycles. The molecule has 1 heterocycles. The zero-order valence-corrected chi connectivity index (χ0v) is 18.0. The van der Waals surface area contributed by atoms with Crippen LogP contribution in [0.5, 0.6) is 0 Å². The van der Waals surface area contributed by atoms with Crippen LogP contribution in [0.2, 0.25) is 0 Å². The summed E-state index contributed by atoms with van der Waals surface area (Å²) in [5.41, 5.74) is 12.5. The summed E-state index contributed by atoms with van der Waals surface area (Å²) in [5, 5.41) is 0. The summed E-state index contributed by atoms with van der Waals surface area (Å²) < 4.78 is 3.56. The van der Waals surface area contributed by atoms with Crippen LogP contribution >= 0.6 is 0 Å². The van der Waals surface area contributed by atoms with Gasteiger partial charge in [-0.15, -0.1) is 0 Å². The van der Waals surface area contributed by atoms with Gasteiger partial charge in [0.1, 0.15) is 0 Å². The molecule has 0 fully saturated rings. The predicted molar refractivity (Wildman–Crippen MR) is 103 cm³/mol. The topological polar surface area (TPSA) is 0 Å². The summed E-state index contributed by atoms with van der Waals surface area (Å²) in [6, 6.07) is 9.50. The first kappa shape index (κ1) is 16.0. The number of rotatable bonds is 0. The standard InChI is InChI=1S/C24H24.Zr/c1-15-5-9-19(21-13-7-17(3)23(15)21)11-12-20-10-6-16(2)24-18(4)8-14-22(20)24;/h5-6,9-10,13-14,17-18H,11-12H2,1-4H3;/t17-,18+;. The summed E-state index contributed by atoms with van der Waals surface area (Å²) in [7, 11) is 0. The molecular weight excluding hydrogens is 379 g/mol. The number of aryl methyl sites for hydroxylation is 4. The summed E-state index contributed by atoms with van der Waals surface area (Å²) >= 11 is -0.709. The molecule has 0 nitrogen and oxygen atoms in total. The molecule has 5 rings (SSSR count). The van der Waals surface area contributed by atoms with Gasteiger partial charge < -0.3 is 0 Å². The minimum atomic E-state index is -0.709. The van der Waals surface area contributed by atoms with Crippen LogP contribution in [0.15, 0.2) is 30.8 Å². The summed E-state index contributed by atoms with van der Waals surface area (Å²) in [6.07, 6.45) is 7.53. The van der Waals surface area contributed by atoms with Crippen molar-refractivity contribution in [2.45, 2.75) is 52.4 Å². The van der Waals surface area contributed by atoms with E-state index >= 15 is 0 Å². The van der Waals surface area contributed by atoms with Gasteiger partial charge in [0, 0.05) is 0 Å². The van der Waals surface area contributed by atoms with Gasteiger partial charge in [-0.25, -0.2) is 0 Å². The first-order valence-electron chi connectivity index (χ1n) is 9.49. The van der Waals surface area contributed by atoms with Crippen molar-refractivity contribution >= 4 is 12.2 Å². The Balaban J connectivity index is 1.71. The molecule has 0 saturated heterocycles. The van der Waals surface area contributed by atoms with Crippen LogP contribution in [0.4, 0.5) is 0 Å². The van der Waals surface area contributed by atoms with Gasteiger partial charge in [-0.3, -0.25) is 0 Å². The Kier molecular flexibility index (Phi) is 3.62. The van der Waals surface area contributed by atoms with E-state index in [-0.39, 0.29) is 0 Å². The number of allylic oxidation sites excluding steroid dienone is 2. The molecule has 2 aromatic carbocycles. The van der Waals surface area contributed by atoms with Crippen LogP contribution in [0.1, 0.15) is 70.2 Å². The Labute approximate surface area is 162 Å². The molecule has 124 valence electrons. The molecule has 3 aliphatic rings. The molecule has 2 aromatic rings. The van der Waals surface area contributed by atoms with Gasteiger partial charge in [-0.1, -0.05) is 0 Å². The third-order valence-corrected chi connectivity index (χ3v) is 10.8. The van der Waals surface area contributed by atoms with Crippen LogP contribution in [-0.4, -0.2) is 0 Å². The summed E-state index contributed by atoms with van der Waals surface area (Å²) in [5.74, 6) is 1.27. The van der Waals surface area contributed by atoms with Crippen molar-refractivity contribution in [1.82, 2.24) is 0 Å². The van der Waals surface area contributed by atoms with Crippen LogP contribution in [0, 0.1) is 13.8 Å². The van der Waals surface area contributed by atoms with E-state index < -0.39 is 23.2 Å². The maximum atomic E-state index is 2.60. The summed E-state index contributed by atoms with van der Waals surface area (Å²) in [4.78, 5) is 0. The number of hydrogen-bond donors (Lipinski definition) is 0. The van der Waals surface area contributed by atoms with E-state index in [1.807, 2.05) is 0 Å². The molecule has 0 N–H and O–H groups in total. The van der Waals surface area contributed by atoms with Gasteiger partial charge in [0.05, 0.1) is 0 Å². The molecule has 0 aromatic heterocycles. The van der Waals surface area contributed by atoms with Gasteiger partial charge in [0.25, 0.3) is 0 Å². The fourth-order valence-corrected chi connectivity index (χ4v) is 8.76.